The molecule has 0 aromatic rings. The van der Waals surface area contributed by atoms with Crippen molar-refractivity contribution in [2.24, 2.45) is 0 Å². The number of rotatable bonds is 2. The lowest BCUT2D eigenvalue weighted by Crippen LogP contribution is -1.95. The molecule has 0 fully saturated rings. The summed E-state index contributed by atoms with van der Waals surface area (Å²) in [6.45, 7) is 5.33. The third-order valence-corrected chi connectivity index (χ3v) is 0.466. The smallest absolute Gasteiger partial charge is 0.0592 e. The Morgan fingerprint density at radius 3 is 2.33 bits per heavy atom. The Labute approximate surface area is 37.0 Å². The molecule has 0 aromatic carbocycles. The molecule has 0 unspecified atom stereocenters. The van der Waals surface area contributed by atoms with Crippen LogP contribution in [0, 0.1) is 0 Å². The van der Waals surface area contributed by atoms with Gasteiger partial charge in [0.1, 0.15) is 0 Å². The van der Waals surface area contributed by atoms with Gasteiger partial charge in [-0.15, -0.1) is 0 Å². The van der Waals surface area contributed by atoms with Gasteiger partial charge in [-0.1, -0.05) is 6.92 Å². The van der Waals surface area contributed by atoms with Crippen molar-refractivity contribution in [3.63, 3.8) is 0 Å². The standard InChI is InChI=1S/C4H9FN/c1-3-4-6(2)5/h2-4H2,1H3/q+1. The van der Waals surface area contributed by atoms with Crippen LogP contribution in [-0.4, -0.2) is 18.1 Å². The van der Waals surface area contributed by atoms with Crippen molar-refractivity contribution in [2.45, 2.75) is 13.3 Å². The van der Waals surface area contributed by atoms with Crippen LogP contribution in [-0.2, 0) is 0 Å². The highest BCUT2D eigenvalue weighted by Gasteiger charge is 1.88. The van der Waals surface area contributed by atoms with Gasteiger partial charge >= 0.3 is 0 Å². The van der Waals surface area contributed by atoms with Crippen LogP contribution in [0.15, 0.2) is 0 Å². The third kappa shape index (κ3) is 3.60. The van der Waals surface area contributed by atoms with Crippen LogP contribution in [0.4, 0.5) is 4.48 Å². The van der Waals surface area contributed by atoms with Gasteiger partial charge in [0, 0.05) is 6.42 Å². The van der Waals surface area contributed by atoms with Crippen LogP contribution in [0.2, 0.25) is 0 Å². The molecule has 2 heteroatoms. The Hall–Kier alpha value is -0.400. The molecule has 0 atom stereocenters. The summed E-state index contributed by atoms with van der Waals surface area (Å²) in [5.41, 5.74) is 0. The molecule has 0 aromatic heterocycles. The van der Waals surface area contributed by atoms with Crippen LogP contribution < -0.4 is 0 Å². The highest BCUT2D eigenvalue weighted by Crippen LogP contribution is 1.75. The molecule has 0 rings (SSSR count). The summed E-state index contributed by atoms with van der Waals surface area (Å²) in [5, 5.41) is 0. The predicted octanol–water partition coefficient (Wildman–Crippen LogP) is 0.994. The third-order valence-electron chi connectivity index (χ3n) is 0.466. The maximum Gasteiger partial charge on any atom is 0.188 e. The van der Waals surface area contributed by atoms with Crippen LogP contribution in [0.3, 0.4) is 0 Å². The van der Waals surface area contributed by atoms with Crippen molar-refractivity contribution < 1.29 is 9.28 Å². The fourth-order valence-electron chi connectivity index (χ4n) is 0.243. The molecule has 6 heavy (non-hydrogen) atoms. The highest BCUT2D eigenvalue weighted by molar-refractivity contribution is 5.13. The maximum absolute atomic E-state index is 11.4. The average Bonchev–Trinajstić information content (AvgIpc) is 1.35. The molecule has 1 nitrogen and oxygen atoms in total. The van der Waals surface area contributed by atoms with Crippen LogP contribution in [0.5, 0.6) is 0 Å². The maximum atomic E-state index is 11.4. The zero-order chi connectivity index (χ0) is 4.99. The molecule has 0 spiro atoms. The lowest BCUT2D eigenvalue weighted by molar-refractivity contribution is -0.701. The Morgan fingerprint density at radius 1 is 1.83 bits per heavy atom. The number of halogens is 1. The molecule has 36 valence electrons. The van der Waals surface area contributed by atoms with E-state index in [0.717, 1.165) is 6.42 Å². The van der Waals surface area contributed by atoms with Crippen LogP contribution >= 0.6 is 0 Å². The lowest BCUT2D eigenvalue weighted by atomic mass is 10.5. The summed E-state index contributed by atoms with van der Waals surface area (Å²) in [6, 6.07) is 0. The van der Waals surface area contributed by atoms with Crippen LogP contribution in [0.25, 0.3) is 0 Å². The summed E-state index contributed by atoms with van der Waals surface area (Å²) in [5.74, 6) is 0. The summed E-state index contributed by atoms with van der Waals surface area (Å²) in [6.07, 6.45) is 0.819. The second kappa shape index (κ2) is 2.82. The second-order valence-electron chi connectivity index (χ2n) is 1.19. The second-order valence-corrected chi connectivity index (χ2v) is 1.19. The Kier molecular flexibility index (Phi) is 2.63. The van der Waals surface area contributed by atoms with E-state index in [1.807, 2.05) is 6.92 Å². The van der Waals surface area contributed by atoms with Crippen molar-refractivity contribution in [3.05, 3.63) is 0 Å². The molecule has 0 aliphatic heterocycles. The lowest BCUT2D eigenvalue weighted by Gasteiger charge is -1.75. The van der Waals surface area contributed by atoms with Crippen molar-refractivity contribution in [1.29, 1.82) is 0 Å². The van der Waals surface area contributed by atoms with E-state index >= 15 is 0 Å². The van der Waals surface area contributed by atoms with E-state index in [4.69, 9.17) is 0 Å². The zero-order valence-electron chi connectivity index (χ0n) is 3.95. The van der Waals surface area contributed by atoms with Gasteiger partial charge in [-0.3, -0.25) is 0 Å². The fourth-order valence-corrected chi connectivity index (χ4v) is 0.243. The van der Waals surface area contributed by atoms with Gasteiger partial charge < -0.3 is 0 Å². The molecule has 0 bridgehead atoms. The molecule has 0 saturated heterocycles. The van der Waals surface area contributed by atoms with Gasteiger partial charge in [0.15, 0.2) is 13.3 Å². The quantitative estimate of drug-likeness (QED) is 0.351. The number of hydrogen-bond donors (Lipinski definition) is 0. The average molecular weight is 90.1 g/mol. The molecule has 0 aliphatic carbocycles. The summed E-state index contributed by atoms with van der Waals surface area (Å²) < 4.78 is 11.4. The van der Waals surface area contributed by atoms with Crippen LogP contribution in [0.1, 0.15) is 13.3 Å². The van der Waals surface area contributed by atoms with Crippen molar-refractivity contribution in [2.75, 3.05) is 6.54 Å². The van der Waals surface area contributed by atoms with Gasteiger partial charge in [0.2, 0.25) is 0 Å². The SMILES string of the molecule is C=[N+](F)CCC. The largest absolute Gasteiger partial charge is 0.188 e. The zero-order valence-corrected chi connectivity index (χ0v) is 3.95. The van der Waals surface area contributed by atoms with Gasteiger partial charge in [-0.05, 0) is 4.80 Å². The number of nitrogens with zero attached hydrogens (tertiary/aromatic N) is 1. The summed E-state index contributed by atoms with van der Waals surface area (Å²) in [7, 11) is 0. The minimum Gasteiger partial charge on any atom is -0.0592 e. The van der Waals surface area contributed by atoms with Gasteiger partial charge in [-0.25, -0.2) is 0 Å². The first kappa shape index (κ1) is 5.60. The summed E-state index contributed by atoms with van der Waals surface area (Å²) in [4.78, 5) is 0.431. The van der Waals surface area contributed by atoms with Crippen molar-refractivity contribution >= 4 is 6.72 Å². The monoisotopic (exact) mass is 90.1 g/mol. The van der Waals surface area contributed by atoms with E-state index in [9.17, 15) is 4.48 Å². The molecular formula is C4H9FN+. The Morgan fingerprint density at radius 2 is 2.33 bits per heavy atom. The number of hydrogen-bond acceptors (Lipinski definition) is 0. The first-order valence-corrected chi connectivity index (χ1v) is 2.01. The highest BCUT2D eigenvalue weighted by atomic mass is 19.2. The first-order chi connectivity index (χ1) is 2.77. The minimum absolute atomic E-state index is 0.431. The predicted molar refractivity (Wildman–Crippen MR) is 23.6 cm³/mol. The Balaban J connectivity index is 2.83. The van der Waals surface area contributed by atoms with Gasteiger partial charge in [0.05, 0.1) is 4.48 Å². The molecule has 0 N–H and O–H groups in total. The van der Waals surface area contributed by atoms with E-state index in [2.05, 4.69) is 6.72 Å². The molecular weight excluding hydrogens is 81.0 g/mol. The van der Waals surface area contributed by atoms with Gasteiger partial charge in [0.25, 0.3) is 0 Å². The normalized spacial score (nSPS) is 8.33. The van der Waals surface area contributed by atoms with Crippen molar-refractivity contribution in [3.8, 4) is 0 Å². The van der Waals surface area contributed by atoms with E-state index in [1.165, 1.54) is 0 Å². The van der Waals surface area contributed by atoms with E-state index < -0.39 is 0 Å². The molecule has 0 saturated carbocycles. The van der Waals surface area contributed by atoms with E-state index in [0.29, 0.717) is 11.3 Å². The van der Waals surface area contributed by atoms with Crippen molar-refractivity contribution in [1.82, 2.24) is 0 Å². The molecule has 0 amide bonds. The first-order valence-electron chi connectivity index (χ1n) is 2.01. The van der Waals surface area contributed by atoms with Gasteiger partial charge in [-0.2, -0.15) is 0 Å². The molecule has 0 aliphatic rings. The fraction of sp³-hybridized carbons (Fsp3) is 0.750. The molecule has 0 radical (unpaired) electrons. The molecule has 0 heterocycles. The van der Waals surface area contributed by atoms with E-state index in [1.54, 1.807) is 0 Å². The Bertz CT molecular complexity index is 51.5. The summed E-state index contributed by atoms with van der Waals surface area (Å²) >= 11 is 0. The topological polar surface area (TPSA) is 3.01 Å². The minimum atomic E-state index is 0.431. The van der Waals surface area contributed by atoms with E-state index in [-0.39, 0.29) is 0 Å².